The second kappa shape index (κ2) is 11.5. The van der Waals surface area contributed by atoms with Crippen molar-refractivity contribution in [1.29, 1.82) is 0 Å². The molecular formula is C31H27Cl2NO4. The fourth-order valence-electron chi connectivity index (χ4n) is 5.19. The SMILES string of the molecule is CC1=C(C(=O)OCCOc2ccccc2)[C@@H](c2cccc(Cl)c2)C2=C(C[C@@H](c3ccc(Cl)cc3)CC2=O)N1. The van der Waals surface area contributed by atoms with E-state index in [9.17, 15) is 9.59 Å². The van der Waals surface area contributed by atoms with E-state index in [0.717, 1.165) is 16.8 Å². The molecule has 0 amide bonds. The molecule has 0 bridgehead atoms. The summed E-state index contributed by atoms with van der Waals surface area (Å²) in [5.74, 6) is -0.355. The van der Waals surface area contributed by atoms with Crippen LogP contribution in [0.1, 0.15) is 42.7 Å². The Labute approximate surface area is 232 Å². The van der Waals surface area contributed by atoms with Gasteiger partial charge in [0.1, 0.15) is 19.0 Å². The van der Waals surface area contributed by atoms with Crippen LogP contribution in [0, 0.1) is 0 Å². The van der Waals surface area contributed by atoms with Gasteiger partial charge in [-0.1, -0.05) is 65.7 Å². The van der Waals surface area contributed by atoms with Crippen LogP contribution in [-0.4, -0.2) is 25.0 Å². The highest BCUT2D eigenvalue weighted by molar-refractivity contribution is 6.30. The maximum atomic E-state index is 13.7. The zero-order chi connectivity index (χ0) is 26.6. The van der Waals surface area contributed by atoms with Crippen molar-refractivity contribution in [1.82, 2.24) is 5.32 Å². The summed E-state index contributed by atoms with van der Waals surface area (Å²) >= 11 is 12.4. The first-order valence-electron chi connectivity index (χ1n) is 12.5. The molecular weight excluding hydrogens is 521 g/mol. The van der Waals surface area contributed by atoms with Gasteiger partial charge in [-0.2, -0.15) is 0 Å². The Bertz CT molecular complexity index is 1410. The molecule has 1 aliphatic carbocycles. The summed E-state index contributed by atoms with van der Waals surface area (Å²) in [5.41, 5.74) is 4.32. The number of hydrogen-bond acceptors (Lipinski definition) is 5. The van der Waals surface area contributed by atoms with E-state index in [-0.39, 0.29) is 24.9 Å². The Hall–Kier alpha value is -3.54. The van der Waals surface area contributed by atoms with Crippen molar-refractivity contribution in [3.63, 3.8) is 0 Å². The van der Waals surface area contributed by atoms with Crippen LogP contribution in [0.25, 0.3) is 0 Å². The van der Waals surface area contributed by atoms with Crippen molar-refractivity contribution >= 4 is 35.0 Å². The number of ketones is 1. The summed E-state index contributed by atoms with van der Waals surface area (Å²) in [6, 6.07) is 24.3. The molecule has 2 atom stereocenters. The Kier molecular flexibility index (Phi) is 7.87. The molecule has 7 heteroatoms. The molecule has 5 nitrogen and oxygen atoms in total. The van der Waals surface area contributed by atoms with Gasteiger partial charge in [0.05, 0.1) is 5.57 Å². The van der Waals surface area contributed by atoms with Gasteiger partial charge in [-0.05, 0) is 66.8 Å². The van der Waals surface area contributed by atoms with Crippen LogP contribution in [0.15, 0.2) is 101 Å². The lowest BCUT2D eigenvalue weighted by Crippen LogP contribution is -2.36. The van der Waals surface area contributed by atoms with Crippen molar-refractivity contribution < 1.29 is 19.1 Å². The third-order valence-corrected chi connectivity index (χ3v) is 7.39. The largest absolute Gasteiger partial charge is 0.490 e. The second-order valence-electron chi connectivity index (χ2n) is 9.42. The number of para-hydroxylation sites is 1. The van der Waals surface area contributed by atoms with E-state index in [0.29, 0.717) is 45.5 Å². The number of halogens is 2. The molecule has 3 aromatic rings. The molecule has 194 valence electrons. The minimum Gasteiger partial charge on any atom is -0.490 e. The Morgan fingerprint density at radius 1 is 0.895 bits per heavy atom. The highest BCUT2D eigenvalue weighted by Gasteiger charge is 2.41. The zero-order valence-electron chi connectivity index (χ0n) is 20.9. The van der Waals surface area contributed by atoms with Crippen molar-refractivity contribution in [3.05, 3.63) is 123 Å². The average molecular weight is 548 g/mol. The number of carbonyl (C=O) groups excluding carboxylic acids is 2. The number of allylic oxidation sites excluding steroid dienone is 3. The molecule has 0 saturated heterocycles. The molecule has 5 rings (SSSR count). The number of benzene rings is 3. The molecule has 38 heavy (non-hydrogen) atoms. The third-order valence-electron chi connectivity index (χ3n) is 6.90. The minimum absolute atomic E-state index is 0.00566. The number of dihydropyridines is 1. The Balaban J connectivity index is 1.41. The first kappa shape index (κ1) is 26.1. The summed E-state index contributed by atoms with van der Waals surface area (Å²) < 4.78 is 11.3. The lowest BCUT2D eigenvalue weighted by atomic mass is 9.72. The van der Waals surface area contributed by atoms with Gasteiger partial charge in [0, 0.05) is 39.4 Å². The monoisotopic (exact) mass is 547 g/mol. The lowest BCUT2D eigenvalue weighted by molar-refractivity contribution is -0.140. The first-order chi connectivity index (χ1) is 18.4. The van der Waals surface area contributed by atoms with E-state index in [4.69, 9.17) is 32.7 Å². The fraction of sp³-hybridized carbons (Fsp3) is 0.226. The van der Waals surface area contributed by atoms with Gasteiger partial charge in [0.25, 0.3) is 0 Å². The van der Waals surface area contributed by atoms with Gasteiger partial charge >= 0.3 is 5.97 Å². The third kappa shape index (κ3) is 5.64. The molecule has 1 aliphatic heterocycles. The van der Waals surface area contributed by atoms with Crippen LogP contribution in [-0.2, 0) is 14.3 Å². The molecule has 0 unspecified atom stereocenters. The quantitative estimate of drug-likeness (QED) is 0.255. The van der Waals surface area contributed by atoms with Crippen LogP contribution in [0.3, 0.4) is 0 Å². The number of rotatable bonds is 7. The summed E-state index contributed by atoms with van der Waals surface area (Å²) in [6.07, 6.45) is 0.982. The fourth-order valence-corrected chi connectivity index (χ4v) is 5.51. The highest BCUT2D eigenvalue weighted by Crippen LogP contribution is 2.46. The number of carbonyl (C=O) groups is 2. The maximum Gasteiger partial charge on any atom is 0.336 e. The molecule has 3 aromatic carbocycles. The van der Waals surface area contributed by atoms with Gasteiger partial charge < -0.3 is 14.8 Å². The molecule has 0 saturated carbocycles. The van der Waals surface area contributed by atoms with E-state index in [2.05, 4.69) is 5.32 Å². The number of esters is 1. The van der Waals surface area contributed by atoms with E-state index in [1.54, 1.807) is 12.1 Å². The Morgan fingerprint density at radius 3 is 2.39 bits per heavy atom. The topological polar surface area (TPSA) is 64.6 Å². The average Bonchev–Trinajstić information content (AvgIpc) is 2.91. The van der Waals surface area contributed by atoms with Crippen molar-refractivity contribution in [2.75, 3.05) is 13.2 Å². The van der Waals surface area contributed by atoms with Crippen LogP contribution < -0.4 is 10.1 Å². The van der Waals surface area contributed by atoms with Crippen molar-refractivity contribution in [2.24, 2.45) is 0 Å². The molecule has 1 heterocycles. The molecule has 0 spiro atoms. The smallest absolute Gasteiger partial charge is 0.336 e. The summed E-state index contributed by atoms with van der Waals surface area (Å²) in [6.45, 7) is 2.13. The first-order valence-corrected chi connectivity index (χ1v) is 13.3. The van der Waals surface area contributed by atoms with E-state index in [1.165, 1.54) is 0 Å². The summed E-state index contributed by atoms with van der Waals surface area (Å²) in [4.78, 5) is 27.1. The summed E-state index contributed by atoms with van der Waals surface area (Å²) in [7, 11) is 0. The predicted octanol–water partition coefficient (Wildman–Crippen LogP) is 6.98. The standard InChI is InChI=1S/C31H27Cl2NO4/c1-19-28(31(36)38-15-14-37-25-8-3-2-4-9-25)29(21-6-5-7-24(33)16-21)30-26(34-19)17-22(18-27(30)35)20-10-12-23(32)13-11-20/h2-13,16,22,29,34H,14-15,17-18H2,1H3/t22-,29-/m1/s1. The predicted molar refractivity (Wildman–Crippen MR) is 148 cm³/mol. The van der Waals surface area contributed by atoms with Gasteiger partial charge in [-0.3, -0.25) is 4.79 Å². The van der Waals surface area contributed by atoms with Gasteiger partial charge in [0.2, 0.25) is 0 Å². The molecule has 2 aliphatic rings. The number of Topliss-reactive ketones (excluding diaryl/α,β-unsaturated/α-hetero) is 1. The normalized spacial score (nSPS) is 19.1. The van der Waals surface area contributed by atoms with Crippen LogP contribution in [0.4, 0.5) is 0 Å². The van der Waals surface area contributed by atoms with Crippen molar-refractivity contribution in [2.45, 2.75) is 31.6 Å². The van der Waals surface area contributed by atoms with Gasteiger partial charge in [-0.25, -0.2) is 4.79 Å². The maximum absolute atomic E-state index is 13.7. The Morgan fingerprint density at radius 2 is 1.66 bits per heavy atom. The highest BCUT2D eigenvalue weighted by atomic mass is 35.5. The molecule has 1 N–H and O–H groups in total. The number of nitrogens with one attached hydrogen (secondary N) is 1. The van der Waals surface area contributed by atoms with Gasteiger partial charge in [-0.15, -0.1) is 0 Å². The molecule has 0 fully saturated rings. The molecule has 0 radical (unpaired) electrons. The number of ether oxygens (including phenoxy) is 2. The zero-order valence-corrected chi connectivity index (χ0v) is 22.4. The van der Waals surface area contributed by atoms with E-state index in [1.807, 2.05) is 73.7 Å². The van der Waals surface area contributed by atoms with Crippen LogP contribution >= 0.6 is 23.2 Å². The van der Waals surface area contributed by atoms with Crippen LogP contribution in [0.2, 0.25) is 10.0 Å². The van der Waals surface area contributed by atoms with Gasteiger partial charge in [0.15, 0.2) is 5.78 Å². The lowest BCUT2D eigenvalue weighted by Gasteiger charge is -2.36. The summed E-state index contributed by atoms with van der Waals surface area (Å²) in [5, 5.41) is 4.56. The number of hydrogen-bond donors (Lipinski definition) is 1. The molecule has 0 aromatic heterocycles. The second-order valence-corrected chi connectivity index (χ2v) is 10.3. The van der Waals surface area contributed by atoms with E-state index >= 15 is 0 Å². The minimum atomic E-state index is -0.578. The van der Waals surface area contributed by atoms with Crippen LogP contribution in [0.5, 0.6) is 5.75 Å². The van der Waals surface area contributed by atoms with Crippen molar-refractivity contribution in [3.8, 4) is 5.75 Å². The van der Waals surface area contributed by atoms with E-state index < -0.39 is 11.9 Å².